The molecule has 2 aromatic rings. The van der Waals surface area contributed by atoms with Gasteiger partial charge in [-0.3, -0.25) is 10.1 Å². The maximum absolute atomic E-state index is 10.6. The summed E-state index contributed by atoms with van der Waals surface area (Å²) in [6.45, 7) is 1.44. The van der Waals surface area contributed by atoms with E-state index in [1.54, 1.807) is 17.8 Å². The second-order valence-electron chi connectivity index (χ2n) is 4.37. The van der Waals surface area contributed by atoms with E-state index in [-0.39, 0.29) is 5.69 Å². The second kappa shape index (κ2) is 8.02. The molecule has 0 amide bonds. The number of benzene rings is 2. The number of nitrogens with one attached hydrogen (secondary N) is 1. The summed E-state index contributed by atoms with van der Waals surface area (Å²) in [7, 11) is 0. The Hall–Kier alpha value is -1.56. The highest BCUT2D eigenvalue weighted by atomic mass is 35.5. The van der Waals surface area contributed by atoms with E-state index in [2.05, 4.69) is 17.4 Å². The zero-order chi connectivity index (χ0) is 15.1. The van der Waals surface area contributed by atoms with Crippen LogP contribution in [-0.4, -0.2) is 17.2 Å². The van der Waals surface area contributed by atoms with Crippen LogP contribution in [0, 0.1) is 10.1 Å². The Morgan fingerprint density at radius 2 is 1.95 bits per heavy atom. The van der Waals surface area contributed by atoms with Crippen LogP contribution >= 0.6 is 23.4 Å². The molecule has 0 saturated heterocycles. The number of non-ortho nitro benzene ring substituents is 1. The molecule has 0 aliphatic carbocycles. The molecule has 6 heteroatoms. The third-order valence-corrected chi connectivity index (χ3v) is 4.22. The van der Waals surface area contributed by atoms with Crippen LogP contribution in [0.15, 0.2) is 53.4 Å². The monoisotopic (exact) mass is 322 g/mol. The molecule has 0 aliphatic rings. The van der Waals surface area contributed by atoms with Crippen LogP contribution in [-0.2, 0) is 6.54 Å². The minimum Gasteiger partial charge on any atom is -0.312 e. The van der Waals surface area contributed by atoms with E-state index in [0.29, 0.717) is 11.6 Å². The Balaban J connectivity index is 1.75. The van der Waals surface area contributed by atoms with E-state index in [1.165, 1.54) is 17.0 Å². The lowest BCUT2D eigenvalue weighted by molar-refractivity contribution is -0.384. The molecular formula is C15H15ClN2O2S. The molecule has 0 radical (unpaired) electrons. The van der Waals surface area contributed by atoms with Gasteiger partial charge in [0.25, 0.3) is 5.69 Å². The zero-order valence-electron chi connectivity index (χ0n) is 11.3. The summed E-state index contributed by atoms with van der Waals surface area (Å²) >= 11 is 7.81. The molecule has 0 saturated carbocycles. The van der Waals surface area contributed by atoms with Gasteiger partial charge in [-0.05, 0) is 23.8 Å². The maximum atomic E-state index is 10.6. The Morgan fingerprint density at radius 3 is 2.62 bits per heavy atom. The first kappa shape index (κ1) is 15.8. The first-order chi connectivity index (χ1) is 10.2. The molecular weight excluding hydrogens is 308 g/mol. The summed E-state index contributed by atoms with van der Waals surface area (Å²) in [6.07, 6.45) is 0. The summed E-state index contributed by atoms with van der Waals surface area (Å²) in [5, 5.41) is 14.3. The van der Waals surface area contributed by atoms with Gasteiger partial charge in [-0.15, -0.1) is 11.8 Å². The fourth-order valence-corrected chi connectivity index (χ4v) is 2.85. The predicted octanol–water partition coefficient (Wildman–Crippen LogP) is 4.13. The molecule has 0 unspecified atom stereocenters. The smallest absolute Gasteiger partial charge is 0.270 e. The van der Waals surface area contributed by atoms with E-state index >= 15 is 0 Å². The van der Waals surface area contributed by atoms with E-state index in [9.17, 15) is 10.1 Å². The van der Waals surface area contributed by atoms with Gasteiger partial charge >= 0.3 is 0 Å². The minimum atomic E-state index is -0.445. The largest absolute Gasteiger partial charge is 0.312 e. The molecule has 0 bridgehead atoms. The Kier molecular flexibility index (Phi) is 6.04. The number of halogens is 1. The third-order valence-electron chi connectivity index (χ3n) is 2.85. The van der Waals surface area contributed by atoms with Gasteiger partial charge in [0.15, 0.2) is 0 Å². The summed E-state index contributed by atoms with van der Waals surface area (Å²) in [6, 6.07) is 14.8. The molecule has 2 rings (SSSR count). The molecule has 0 fully saturated rings. The SMILES string of the molecule is O=[N+]([O-])c1ccc(CNCCSc2ccccc2)c(Cl)c1. The van der Waals surface area contributed by atoms with Crippen molar-refractivity contribution in [3.8, 4) is 0 Å². The number of hydrogen-bond donors (Lipinski definition) is 1. The third kappa shape index (κ3) is 5.04. The van der Waals surface area contributed by atoms with Gasteiger partial charge in [-0.25, -0.2) is 0 Å². The van der Waals surface area contributed by atoms with Crippen molar-refractivity contribution < 1.29 is 4.92 Å². The lowest BCUT2D eigenvalue weighted by Crippen LogP contribution is -2.16. The Labute approximate surface area is 132 Å². The number of nitro benzene ring substituents is 1. The standard InChI is InChI=1S/C15H15ClN2O2S/c16-15-10-13(18(19)20)7-6-12(15)11-17-8-9-21-14-4-2-1-3-5-14/h1-7,10,17H,8-9,11H2. The molecule has 4 nitrogen and oxygen atoms in total. The fourth-order valence-electron chi connectivity index (χ4n) is 1.77. The van der Waals surface area contributed by atoms with Crippen LogP contribution in [0.5, 0.6) is 0 Å². The van der Waals surface area contributed by atoms with Crippen LogP contribution < -0.4 is 5.32 Å². The van der Waals surface area contributed by atoms with Crippen molar-refractivity contribution in [2.24, 2.45) is 0 Å². The minimum absolute atomic E-state index is 0.0170. The first-order valence-corrected chi connectivity index (χ1v) is 7.84. The molecule has 21 heavy (non-hydrogen) atoms. The van der Waals surface area contributed by atoms with Crippen molar-refractivity contribution in [1.82, 2.24) is 5.32 Å². The van der Waals surface area contributed by atoms with E-state index in [0.717, 1.165) is 17.9 Å². The number of thioether (sulfide) groups is 1. The Bertz CT molecular complexity index is 608. The Morgan fingerprint density at radius 1 is 1.19 bits per heavy atom. The van der Waals surface area contributed by atoms with Crippen molar-refractivity contribution in [3.05, 3.63) is 69.2 Å². The number of nitrogens with zero attached hydrogens (tertiary/aromatic N) is 1. The molecule has 1 N–H and O–H groups in total. The van der Waals surface area contributed by atoms with Gasteiger partial charge < -0.3 is 5.32 Å². The normalized spacial score (nSPS) is 10.5. The zero-order valence-corrected chi connectivity index (χ0v) is 12.9. The van der Waals surface area contributed by atoms with Crippen molar-refractivity contribution in [2.75, 3.05) is 12.3 Å². The average molecular weight is 323 g/mol. The lowest BCUT2D eigenvalue weighted by Gasteiger charge is -2.06. The topological polar surface area (TPSA) is 55.2 Å². The average Bonchev–Trinajstić information content (AvgIpc) is 2.49. The highest BCUT2D eigenvalue weighted by Gasteiger charge is 2.08. The molecule has 0 spiro atoms. The highest BCUT2D eigenvalue weighted by molar-refractivity contribution is 7.99. The summed E-state index contributed by atoms with van der Waals surface area (Å²) in [5.74, 6) is 0.953. The molecule has 0 heterocycles. The van der Waals surface area contributed by atoms with Crippen molar-refractivity contribution >= 4 is 29.1 Å². The van der Waals surface area contributed by atoms with E-state index in [4.69, 9.17) is 11.6 Å². The molecule has 0 aliphatic heterocycles. The lowest BCUT2D eigenvalue weighted by atomic mass is 10.2. The first-order valence-electron chi connectivity index (χ1n) is 6.48. The maximum Gasteiger partial charge on any atom is 0.270 e. The van der Waals surface area contributed by atoms with Gasteiger partial charge in [0.05, 0.1) is 9.95 Å². The summed E-state index contributed by atoms with van der Waals surface area (Å²) in [5.41, 5.74) is 0.885. The quantitative estimate of drug-likeness (QED) is 0.360. The van der Waals surface area contributed by atoms with Crippen LogP contribution in [0.25, 0.3) is 0 Å². The number of hydrogen-bond acceptors (Lipinski definition) is 4. The number of nitro groups is 1. The molecule has 110 valence electrons. The van der Waals surface area contributed by atoms with Gasteiger partial charge in [-0.1, -0.05) is 29.8 Å². The molecule has 2 aromatic carbocycles. The van der Waals surface area contributed by atoms with Crippen LogP contribution in [0.3, 0.4) is 0 Å². The van der Waals surface area contributed by atoms with Crippen molar-refractivity contribution in [2.45, 2.75) is 11.4 Å². The van der Waals surface area contributed by atoms with Crippen molar-refractivity contribution in [3.63, 3.8) is 0 Å². The van der Waals surface area contributed by atoms with Crippen LogP contribution in [0.2, 0.25) is 5.02 Å². The van der Waals surface area contributed by atoms with Crippen molar-refractivity contribution in [1.29, 1.82) is 0 Å². The van der Waals surface area contributed by atoms with Gasteiger partial charge in [-0.2, -0.15) is 0 Å². The highest BCUT2D eigenvalue weighted by Crippen LogP contribution is 2.22. The van der Waals surface area contributed by atoms with Crippen LogP contribution in [0.1, 0.15) is 5.56 Å². The molecule has 0 aromatic heterocycles. The van der Waals surface area contributed by atoms with E-state index < -0.39 is 4.92 Å². The van der Waals surface area contributed by atoms with E-state index in [1.807, 2.05) is 18.2 Å². The predicted molar refractivity (Wildman–Crippen MR) is 87.0 cm³/mol. The fraction of sp³-hybridized carbons (Fsp3) is 0.200. The second-order valence-corrected chi connectivity index (χ2v) is 5.95. The van der Waals surface area contributed by atoms with Crippen LogP contribution in [0.4, 0.5) is 5.69 Å². The summed E-state index contributed by atoms with van der Waals surface area (Å²) < 4.78 is 0. The molecule has 0 atom stereocenters. The number of rotatable bonds is 7. The van der Waals surface area contributed by atoms with Gasteiger partial charge in [0.1, 0.15) is 0 Å². The summed E-state index contributed by atoms with van der Waals surface area (Å²) in [4.78, 5) is 11.4. The van der Waals surface area contributed by atoms with Gasteiger partial charge in [0, 0.05) is 35.9 Å². The van der Waals surface area contributed by atoms with Gasteiger partial charge in [0.2, 0.25) is 0 Å².